The van der Waals surface area contributed by atoms with Crippen LogP contribution in [-0.2, 0) is 12.3 Å². The molecule has 0 fully saturated rings. The Morgan fingerprint density at radius 3 is 2.65 bits per heavy atom. The molecule has 0 aliphatic heterocycles. The maximum absolute atomic E-state index is 5.72. The van der Waals surface area contributed by atoms with E-state index in [9.17, 15) is 0 Å². The van der Waals surface area contributed by atoms with Crippen LogP contribution in [0.4, 0.5) is 0 Å². The molecule has 0 spiro atoms. The molecule has 1 heterocycles. The van der Waals surface area contributed by atoms with Crippen molar-refractivity contribution in [3.63, 3.8) is 0 Å². The molecule has 0 aliphatic rings. The van der Waals surface area contributed by atoms with E-state index in [2.05, 4.69) is 60.7 Å². The van der Waals surface area contributed by atoms with Gasteiger partial charge in [-0.15, -0.1) is 10.2 Å². The van der Waals surface area contributed by atoms with Gasteiger partial charge in [-0.2, -0.15) is 0 Å². The zero-order chi connectivity index (χ0) is 14.7. The second-order valence-electron chi connectivity index (χ2n) is 5.29. The fourth-order valence-electron chi connectivity index (χ4n) is 2.16. The molecule has 0 saturated carbocycles. The van der Waals surface area contributed by atoms with Crippen molar-refractivity contribution in [2.45, 2.75) is 51.2 Å². The predicted molar refractivity (Wildman–Crippen MR) is 83.8 cm³/mol. The smallest absolute Gasteiger partial charge is 0.191 e. The molecule has 0 bridgehead atoms. The first kappa shape index (κ1) is 15.1. The van der Waals surface area contributed by atoms with Crippen molar-refractivity contribution < 1.29 is 0 Å². The Kier molecular flexibility index (Phi) is 4.83. The number of rotatable bonds is 5. The van der Waals surface area contributed by atoms with Gasteiger partial charge in [-0.3, -0.25) is 0 Å². The van der Waals surface area contributed by atoms with Crippen LogP contribution in [0.25, 0.3) is 0 Å². The minimum atomic E-state index is 0.324. The highest BCUT2D eigenvalue weighted by molar-refractivity contribution is 7.98. The number of hydrogen-bond donors (Lipinski definition) is 1. The SMILES string of the molecule is Cc1ccc(C)c(CSc2nnc(CN)n2C(C)C)c1. The van der Waals surface area contributed by atoms with Gasteiger partial charge < -0.3 is 10.3 Å². The average molecular weight is 290 g/mol. The van der Waals surface area contributed by atoms with Gasteiger partial charge in [0.1, 0.15) is 5.82 Å². The molecule has 20 heavy (non-hydrogen) atoms. The largest absolute Gasteiger partial charge is 0.324 e. The van der Waals surface area contributed by atoms with E-state index in [-0.39, 0.29) is 0 Å². The summed E-state index contributed by atoms with van der Waals surface area (Å²) in [4.78, 5) is 0. The van der Waals surface area contributed by atoms with Gasteiger partial charge in [0.25, 0.3) is 0 Å². The van der Waals surface area contributed by atoms with Crippen molar-refractivity contribution in [1.29, 1.82) is 0 Å². The lowest BCUT2D eigenvalue weighted by molar-refractivity contribution is 0.526. The van der Waals surface area contributed by atoms with Crippen LogP contribution in [0, 0.1) is 13.8 Å². The predicted octanol–water partition coefficient (Wildman–Crippen LogP) is 3.23. The number of hydrogen-bond acceptors (Lipinski definition) is 4. The number of thioether (sulfide) groups is 1. The number of nitrogens with zero attached hydrogens (tertiary/aromatic N) is 3. The van der Waals surface area contributed by atoms with E-state index in [0.29, 0.717) is 12.6 Å². The van der Waals surface area contributed by atoms with E-state index in [1.165, 1.54) is 16.7 Å². The maximum atomic E-state index is 5.72. The van der Waals surface area contributed by atoms with Crippen molar-refractivity contribution >= 4 is 11.8 Å². The molecule has 0 atom stereocenters. The number of aromatic nitrogens is 3. The Labute approximate surface area is 124 Å². The van der Waals surface area contributed by atoms with Crippen LogP contribution in [0.5, 0.6) is 0 Å². The van der Waals surface area contributed by atoms with Gasteiger partial charge in [0, 0.05) is 11.8 Å². The average Bonchev–Trinajstić information content (AvgIpc) is 2.83. The highest BCUT2D eigenvalue weighted by Gasteiger charge is 2.14. The summed E-state index contributed by atoms with van der Waals surface area (Å²) in [6.07, 6.45) is 0. The van der Waals surface area contributed by atoms with Gasteiger partial charge >= 0.3 is 0 Å². The lowest BCUT2D eigenvalue weighted by Crippen LogP contribution is -2.11. The van der Waals surface area contributed by atoms with Gasteiger partial charge in [0.15, 0.2) is 5.16 Å². The Morgan fingerprint density at radius 2 is 2.00 bits per heavy atom. The Balaban J connectivity index is 2.19. The second kappa shape index (κ2) is 6.41. The van der Waals surface area contributed by atoms with Crippen LogP contribution in [0.2, 0.25) is 0 Å². The van der Waals surface area contributed by atoms with Gasteiger partial charge in [-0.1, -0.05) is 35.5 Å². The Hall–Kier alpha value is -1.33. The zero-order valence-corrected chi connectivity index (χ0v) is 13.4. The monoisotopic (exact) mass is 290 g/mol. The molecule has 2 N–H and O–H groups in total. The molecule has 2 rings (SSSR count). The fourth-order valence-corrected chi connectivity index (χ4v) is 3.31. The number of nitrogens with two attached hydrogens (primary N) is 1. The molecular formula is C15H22N4S. The second-order valence-corrected chi connectivity index (χ2v) is 6.23. The van der Waals surface area contributed by atoms with Gasteiger partial charge in [-0.05, 0) is 38.8 Å². The lowest BCUT2D eigenvalue weighted by Gasteiger charge is -2.13. The standard InChI is InChI=1S/C15H22N4S/c1-10(2)19-14(8-16)17-18-15(19)20-9-13-7-11(3)5-6-12(13)4/h5-7,10H,8-9,16H2,1-4H3. The van der Waals surface area contributed by atoms with Crippen LogP contribution in [0.15, 0.2) is 23.4 Å². The molecule has 0 amide bonds. The van der Waals surface area contributed by atoms with E-state index in [1.807, 2.05) is 0 Å². The first-order valence-corrected chi connectivity index (χ1v) is 7.84. The summed E-state index contributed by atoms with van der Waals surface area (Å²) in [6.45, 7) is 8.95. The third-order valence-electron chi connectivity index (χ3n) is 3.30. The quantitative estimate of drug-likeness (QED) is 0.859. The molecule has 0 radical (unpaired) electrons. The van der Waals surface area contributed by atoms with Gasteiger partial charge in [0.05, 0.1) is 6.54 Å². The summed E-state index contributed by atoms with van der Waals surface area (Å²) in [5.41, 5.74) is 9.68. The summed E-state index contributed by atoms with van der Waals surface area (Å²) in [6, 6.07) is 6.88. The Morgan fingerprint density at radius 1 is 1.25 bits per heavy atom. The fraction of sp³-hybridized carbons (Fsp3) is 0.467. The Bertz CT molecular complexity index is 590. The molecular weight excluding hydrogens is 268 g/mol. The maximum Gasteiger partial charge on any atom is 0.191 e. The van der Waals surface area contributed by atoms with Crippen molar-refractivity contribution in [3.05, 3.63) is 40.7 Å². The van der Waals surface area contributed by atoms with Crippen molar-refractivity contribution in [1.82, 2.24) is 14.8 Å². The molecule has 0 saturated heterocycles. The van der Waals surface area contributed by atoms with Crippen LogP contribution in [-0.4, -0.2) is 14.8 Å². The molecule has 108 valence electrons. The van der Waals surface area contributed by atoms with Crippen LogP contribution in [0.3, 0.4) is 0 Å². The van der Waals surface area contributed by atoms with Crippen LogP contribution in [0.1, 0.15) is 42.4 Å². The van der Waals surface area contributed by atoms with Crippen molar-refractivity contribution in [2.24, 2.45) is 5.73 Å². The molecule has 5 heteroatoms. The highest BCUT2D eigenvalue weighted by atomic mass is 32.2. The van der Waals surface area contributed by atoms with E-state index in [0.717, 1.165) is 16.7 Å². The summed E-state index contributed by atoms with van der Waals surface area (Å²) in [5, 5.41) is 9.39. The summed E-state index contributed by atoms with van der Waals surface area (Å²) >= 11 is 1.72. The third-order valence-corrected chi connectivity index (χ3v) is 4.29. The summed E-state index contributed by atoms with van der Waals surface area (Å²) < 4.78 is 2.12. The highest BCUT2D eigenvalue weighted by Crippen LogP contribution is 2.26. The third kappa shape index (κ3) is 3.22. The topological polar surface area (TPSA) is 56.7 Å². The number of benzene rings is 1. The molecule has 4 nitrogen and oxygen atoms in total. The lowest BCUT2D eigenvalue weighted by atomic mass is 10.1. The van der Waals surface area contributed by atoms with Gasteiger partial charge in [-0.25, -0.2) is 0 Å². The number of aryl methyl sites for hydroxylation is 2. The molecule has 1 aromatic carbocycles. The van der Waals surface area contributed by atoms with E-state index in [4.69, 9.17) is 5.73 Å². The molecule has 0 aliphatic carbocycles. The summed E-state index contributed by atoms with van der Waals surface area (Å²) in [7, 11) is 0. The van der Waals surface area contributed by atoms with Crippen LogP contribution >= 0.6 is 11.8 Å². The minimum absolute atomic E-state index is 0.324. The van der Waals surface area contributed by atoms with E-state index in [1.54, 1.807) is 11.8 Å². The van der Waals surface area contributed by atoms with Crippen molar-refractivity contribution in [3.8, 4) is 0 Å². The normalized spacial score (nSPS) is 11.3. The first-order valence-electron chi connectivity index (χ1n) is 6.85. The van der Waals surface area contributed by atoms with Gasteiger partial charge in [0.2, 0.25) is 0 Å². The summed E-state index contributed by atoms with van der Waals surface area (Å²) in [5.74, 6) is 1.76. The molecule has 0 unspecified atom stereocenters. The molecule has 1 aromatic heterocycles. The zero-order valence-electron chi connectivity index (χ0n) is 12.6. The minimum Gasteiger partial charge on any atom is -0.324 e. The van der Waals surface area contributed by atoms with Crippen LogP contribution < -0.4 is 5.73 Å². The van der Waals surface area contributed by atoms with E-state index >= 15 is 0 Å². The first-order chi connectivity index (χ1) is 9.52. The van der Waals surface area contributed by atoms with E-state index < -0.39 is 0 Å². The van der Waals surface area contributed by atoms with Crippen molar-refractivity contribution in [2.75, 3.05) is 0 Å². The molecule has 2 aromatic rings.